The summed E-state index contributed by atoms with van der Waals surface area (Å²) < 4.78 is 15.5. The highest BCUT2D eigenvalue weighted by Crippen LogP contribution is 2.07. The van der Waals surface area contributed by atoms with E-state index in [-0.39, 0.29) is 19.0 Å². The van der Waals surface area contributed by atoms with E-state index in [0.717, 1.165) is 5.56 Å². The van der Waals surface area contributed by atoms with Crippen LogP contribution in [-0.4, -0.2) is 37.4 Å². The second-order valence-corrected chi connectivity index (χ2v) is 6.46. The van der Waals surface area contributed by atoms with Crippen molar-refractivity contribution >= 4 is 12.1 Å². The first-order chi connectivity index (χ1) is 11.8. The van der Waals surface area contributed by atoms with Crippen LogP contribution in [0.4, 0.5) is 4.79 Å². The van der Waals surface area contributed by atoms with Crippen LogP contribution in [0, 0.1) is 0 Å². The van der Waals surface area contributed by atoms with E-state index in [0.29, 0.717) is 6.61 Å². The molecule has 6 heteroatoms. The molecule has 0 fully saturated rings. The van der Waals surface area contributed by atoms with Crippen LogP contribution in [0.1, 0.15) is 32.8 Å². The normalized spacial score (nSPS) is 12.6. The van der Waals surface area contributed by atoms with Crippen molar-refractivity contribution in [1.29, 1.82) is 0 Å². The van der Waals surface area contributed by atoms with Crippen LogP contribution in [0.25, 0.3) is 0 Å². The van der Waals surface area contributed by atoms with Crippen LogP contribution < -0.4 is 5.32 Å². The highest BCUT2D eigenvalue weighted by Gasteiger charge is 2.18. The summed E-state index contributed by atoms with van der Waals surface area (Å²) in [7, 11) is 1.33. The van der Waals surface area contributed by atoms with Gasteiger partial charge in [-0.15, -0.1) is 0 Å². The molecule has 1 N–H and O–H groups in total. The van der Waals surface area contributed by atoms with Gasteiger partial charge in [0.15, 0.2) is 0 Å². The number of amides is 1. The summed E-state index contributed by atoms with van der Waals surface area (Å²) in [6.45, 7) is 6.06. The van der Waals surface area contributed by atoms with Crippen LogP contribution in [0.15, 0.2) is 42.5 Å². The van der Waals surface area contributed by atoms with Gasteiger partial charge >= 0.3 is 12.1 Å². The predicted molar refractivity (Wildman–Crippen MR) is 95.0 cm³/mol. The molecular formula is C19H27NO5. The molecule has 0 aromatic heterocycles. The Bertz CT molecular complexity index is 563. The summed E-state index contributed by atoms with van der Waals surface area (Å²) in [5, 5.41) is 2.73. The second-order valence-electron chi connectivity index (χ2n) is 6.46. The molecule has 0 aliphatic rings. The van der Waals surface area contributed by atoms with Crippen LogP contribution >= 0.6 is 0 Å². The Morgan fingerprint density at radius 1 is 1.20 bits per heavy atom. The maximum Gasteiger partial charge on any atom is 0.408 e. The van der Waals surface area contributed by atoms with E-state index in [1.165, 1.54) is 7.11 Å². The Labute approximate surface area is 149 Å². The van der Waals surface area contributed by atoms with Gasteiger partial charge in [0.25, 0.3) is 0 Å². The third kappa shape index (κ3) is 10.2. The van der Waals surface area contributed by atoms with E-state index in [9.17, 15) is 9.59 Å². The molecular weight excluding hydrogens is 322 g/mol. The van der Waals surface area contributed by atoms with E-state index in [2.05, 4.69) is 10.1 Å². The van der Waals surface area contributed by atoms with Gasteiger partial charge < -0.3 is 19.5 Å². The van der Waals surface area contributed by atoms with Crippen molar-refractivity contribution in [1.82, 2.24) is 5.32 Å². The maximum absolute atomic E-state index is 11.9. The first-order valence-corrected chi connectivity index (χ1v) is 8.15. The molecule has 25 heavy (non-hydrogen) atoms. The van der Waals surface area contributed by atoms with Crippen LogP contribution in [0.2, 0.25) is 0 Å². The lowest BCUT2D eigenvalue weighted by Crippen LogP contribution is -2.40. The maximum atomic E-state index is 11.9. The van der Waals surface area contributed by atoms with Crippen molar-refractivity contribution in [2.75, 3.05) is 13.7 Å². The lowest BCUT2D eigenvalue weighted by molar-refractivity contribution is -0.139. The molecule has 1 aromatic rings. The Morgan fingerprint density at radius 3 is 2.48 bits per heavy atom. The van der Waals surface area contributed by atoms with E-state index < -0.39 is 17.7 Å². The molecule has 1 atom stereocenters. The van der Waals surface area contributed by atoms with E-state index >= 15 is 0 Å². The zero-order valence-electron chi connectivity index (χ0n) is 15.3. The second kappa shape index (κ2) is 10.5. The number of benzene rings is 1. The quantitative estimate of drug-likeness (QED) is 0.576. The van der Waals surface area contributed by atoms with Gasteiger partial charge in [0.05, 0.1) is 32.8 Å². The molecule has 0 bridgehead atoms. The topological polar surface area (TPSA) is 73.9 Å². The average Bonchev–Trinajstić information content (AvgIpc) is 2.53. The van der Waals surface area contributed by atoms with Crippen molar-refractivity contribution in [3.63, 3.8) is 0 Å². The minimum atomic E-state index is -0.588. The van der Waals surface area contributed by atoms with Crippen molar-refractivity contribution in [2.45, 2.75) is 45.4 Å². The van der Waals surface area contributed by atoms with Gasteiger partial charge in [-0.1, -0.05) is 42.5 Å². The summed E-state index contributed by atoms with van der Waals surface area (Å²) >= 11 is 0. The molecule has 138 valence electrons. The standard InChI is InChI=1S/C19H27NO5/c1-19(2,3)25-18(22)20-16(11-8-12-17(21)23-4)14-24-13-15-9-6-5-7-10-15/h5-11,16H,12-14H2,1-4H3,(H,20,22)/b11-8+. The third-order valence-corrected chi connectivity index (χ3v) is 2.99. The van der Waals surface area contributed by atoms with Gasteiger partial charge in [0, 0.05) is 0 Å². The first kappa shape index (κ1) is 20.7. The van der Waals surface area contributed by atoms with Gasteiger partial charge in [0.2, 0.25) is 0 Å². The van der Waals surface area contributed by atoms with Crippen molar-refractivity contribution in [3.05, 3.63) is 48.0 Å². The van der Waals surface area contributed by atoms with Gasteiger partial charge in [-0.05, 0) is 26.3 Å². The molecule has 0 aliphatic carbocycles. The number of carbonyl (C=O) groups excluding carboxylic acids is 2. The molecule has 1 rings (SSSR count). The zero-order chi connectivity index (χ0) is 18.7. The average molecular weight is 349 g/mol. The Hall–Kier alpha value is -2.34. The fourth-order valence-corrected chi connectivity index (χ4v) is 1.89. The predicted octanol–water partition coefficient (Wildman–Crippen LogP) is 3.22. The molecule has 0 radical (unpaired) electrons. The smallest absolute Gasteiger partial charge is 0.408 e. The Morgan fingerprint density at radius 2 is 1.88 bits per heavy atom. The number of methoxy groups -OCH3 is 1. The van der Waals surface area contributed by atoms with Gasteiger partial charge in [0.1, 0.15) is 5.60 Å². The fourth-order valence-electron chi connectivity index (χ4n) is 1.89. The summed E-state index contributed by atoms with van der Waals surface area (Å²) in [4.78, 5) is 23.1. The SMILES string of the molecule is COC(=O)C/C=C/C(COCc1ccccc1)NC(=O)OC(C)(C)C. The van der Waals surface area contributed by atoms with Crippen molar-refractivity contribution in [2.24, 2.45) is 0 Å². The van der Waals surface area contributed by atoms with Crippen LogP contribution in [0.5, 0.6) is 0 Å². The highest BCUT2D eigenvalue weighted by molar-refractivity contribution is 5.71. The van der Waals surface area contributed by atoms with Crippen molar-refractivity contribution < 1.29 is 23.8 Å². The summed E-state index contributed by atoms with van der Waals surface area (Å²) in [5.74, 6) is -0.350. The number of ether oxygens (including phenoxy) is 3. The largest absolute Gasteiger partial charge is 0.469 e. The number of rotatable bonds is 8. The molecule has 0 saturated heterocycles. The molecule has 0 saturated carbocycles. The first-order valence-electron chi connectivity index (χ1n) is 8.15. The van der Waals surface area contributed by atoms with Crippen LogP contribution in [0.3, 0.4) is 0 Å². The minimum absolute atomic E-state index is 0.127. The van der Waals surface area contributed by atoms with Gasteiger partial charge in [-0.2, -0.15) is 0 Å². The Balaban J connectivity index is 2.57. The third-order valence-electron chi connectivity index (χ3n) is 2.99. The summed E-state index contributed by atoms with van der Waals surface area (Å²) in [5.41, 5.74) is 0.451. The van der Waals surface area contributed by atoms with Gasteiger partial charge in [-0.25, -0.2) is 4.79 Å². The number of carbonyl (C=O) groups is 2. The lowest BCUT2D eigenvalue weighted by Gasteiger charge is -2.22. The van der Waals surface area contributed by atoms with Crippen molar-refractivity contribution in [3.8, 4) is 0 Å². The molecule has 0 spiro atoms. The number of alkyl carbamates (subject to hydrolysis) is 1. The number of esters is 1. The highest BCUT2D eigenvalue weighted by atomic mass is 16.6. The van der Waals surface area contributed by atoms with Gasteiger partial charge in [-0.3, -0.25) is 4.79 Å². The lowest BCUT2D eigenvalue weighted by atomic mass is 10.2. The molecule has 1 aromatic carbocycles. The van der Waals surface area contributed by atoms with E-state index in [1.807, 2.05) is 30.3 Å². The fraction of sp³-hybridized carbons (Fsp3) is 0.474. The molecule has 1 amide bonds. The number of hydrogen-bond donors (Lipinski definition) is 1. The summed E-state index contributed by atoms with van der Waals surface area (Å²) in [6.07, 6.45) is 2.93. The van der Waals surface area contributed by atoms with E-state index in [1.54, 1.807) is 32.9 Å². The van der Waals surface area contributed by atoms with E-state index in [4.69, 9.17) is 9.47 Å². The number of hydrogen-bond acceptors (Lipinski definition) is 5. The monoisotopic (exact) mass is 349 g/mol. The molecule has 1 unspecified atom stereocenters. The molecule has 0 heterocycles. The Kier molecular flexibility index (Phi) is 8.70. The zero-order valence-corrected chi connectivity index (χ0v) is 15.3. The minimum Gasteiger partial charge on any atom is -0.469 e. The summed E-state index contributed by atoms with van der Waals surface area (Å²) in [6, 6.07) is 9.32. The van der Waals surface area contributed by atoms with Crippen LogP contribution in [-0.2, 0) is 25.6 Å². The number of nitrogens with one attached hydrogen (secondary N) is 1. The molecule has 6 nitrogen and oxygen atoms in total. The molecule has 0 aliphatic heterocycles.